The fraction of sp³-hybridized carbons (Fsp3) is 0.136. The number of hydrogen-bond donors (Lipinski definition) is 2. The Hall–Kier alpha value is -3.46. The molecule has 0 bridgehead atoms. The van der Waals surface area contributed by atoms with Crippen LogP contribution >= 0.6 is 0 Å². The van der Waals surface area contributed by atoms with E-state index in [1.807, 2.05) is 13.8 Å². The van der Waals surface area contributed by atoms with Crippen LogP contribution in [0.15, 0.2) is 71.6 Å². The molecule has 0 aliphatic carbocycles. The Balaban J connectivity index is 1.66. The van der Waals surface area contributed by atoms with E-state index < -0.39 is 22.5 Å². The van der Waals surface area contributed by atoms with Crippen LogP contribution in [-0.4, -0.2) is 20.9 Å². The predicted octanol–water partition coefficient (Wildman–Crippen LogP) is 4.96. The Labute approximate surface area is 178 Å². The van der Waals surface area contributed by atoms with Crippen molar-refractivity contribution in [2.24, 2.45) is 0 Å². The molecule has 0 atom stereocenters. The third-order valence-corrected chi connectivity index (χ3v) is 5.90. The number of sulfonamides is 1. The smallest absolute Gasteiger partial charge is 0.387 e. The van der Waals surface area contributed by atoms with E-state index in [4.69, 9.17) is 0 Å². The zero-order valence-corrected chi connectivity index (χ0v) is 17.5. The SMILES string of the molecule is Cc1ccc(S(=O)(=O)Nc2ccc(C(=O)Nc3ccc(OC(F)F)cc3)cc2)cc1C. The molecule has 0 aliphatic heterocycles. The predicted molar refractivity (Wildman–Crippen MR) is 114 cm³/mol. The number of benzene rings is 3. The quantitative estimate of drug-likeness (QED) is 0.537. The van der Waals surface area contributed by atoms with Crippen LogP contribution in [0.2, 0.25) is 0 Å². The number of carbonyl (C=O) groups excluding carboxylic acids is 1. The van der Waals surface area contributed by atoms with Crippen LogP contribution < -0.4 is 14.8 Å². The van der Waals surface area contributed by atoms with Crippen molar-refractivity contribution in [3.63, 3.8) is 0 Å². The van der Waals surface area contributed by atoms with Crippen molar-refractivity contribution in [3.05, 3.63) is 83.4 Å². The number of rotatable bonds is 7. The molecule has 0 fully saturated rings. The minimum Gasteiger partial charge on any atom is -0.435 e. The first-order valence-corrected chi connectivity index (χ1v) is 10.7. The number of hydrogen-bond acceptors (Lipinski definition) is 4. The second kappa shape index (κ2) is 9.13. The summed E-state index contributed by atoms with van der Waals surface area (Å²) in [5.74, 6) is -0.459. The highest BCUT2D eigenvalue weighted by molar-refractivity contribution is 7.92. The highest BCUT2D eigenvalue weighted by Crippen LogP contribution is 2.21. The van der Waals surface area contributed by atoms with Gasteiger partial charge in [0.25, 0.3) is 15.9 Å². The van der Waals surface area contributed by atoms with E-state index in [1.165, 1.54) is 54.6 Å². The Morgan fingerprint density at radius 1 is 0.871 bits per heavy atom. The molecular weight excluding hydrogens is 426 g/mol. The summed E-state index contributed by atoms with van der Waals surface area (Å²) in [6, 6.07) is 16.3. The van der Waals surface area contributed by atoms with E-state index in [2.05, 4.69) is 14.8 Å². The number of aryl methyl sites for hydroxylation is 2. The number of anilines is 2. The van der Waals surface area contributed by atoms with Gasteiger partial charge in [0.1, 0.15) is 5.75 Å². The van der Waals surface area contributed by atoms with E-state index >= 15 is 0 Å². The molecule has 3 aromatic carbocycles. The van der Waals surface area contributed by atoms with Crippen molar-refractivity contribution in [3.8, 4) is 5.75 Å². The van der Waals surface area contributed by atoms with Gasteiger partial charge in [-0.1, -0.05) is 6.07 Å². The maximum atomic E-state index is 12.6. The third-order valence-electron chi connectivity index (χ3n) is 4.53. The summed E-state index contributed by atoms with van der Waals surface area (Å²) in [5, 5.41) is 2.62. The lowest BCUT2D eigenvalue weighted by Gasteiger charge is -2.11. The maximum absolute atomic E-state index is 12.6. The Morgan fingerprint density at radius 2 is 1.48 bits per heavy atom. The third kappa shape index (κ3) is 5.79. The minimum absolute atomic E-state index is 0.0200. The number of carbonyl (C=O) groups is 1. The summed E-state index contributed by atoms with van der Waals surface area (Å²) in [6.07, 6.45) is 0. The minimum atomic E-state index is -3.76. The van der Waals surface area contributed by atoms with Gasteiger partial charge in [-0.3, -0.25) is 9.52 Å². The molecule has 0 unspecified atom stereocenters. The summed E-state index contributed by atoms with van der Waals surface area (Å²) in [7, 11) is -3.76. The molecule has 0 heterocycles. The fourth-order valence-corrected chi connectivity index (χ4v) is 3.85. The van der Waals surface area contributed by atoms with Gasteiger partial charge in [-0.15, -0.1) is 0 Å². The summed E-state index contributed by atoms with van der Waals surface area (Å²) < 4.78 is 56.2. The molecule has 0 saturated carbocycles. The number of amides is 1. The molecule has 0 aliphatic rings. The standard InChI is InChI=1S/C22H20F2N2O4S/c1-14-3-12-20(13-15(14)2)31(28,29)26-18-6-4-16(5-7-18)21(27)25-17-8-10-19(11-9-17)30-22(23)24/h3-13,22,26H,1-2H3,(H,25,27). The molecule has 3 rings (SSSR count). The molecule has 6 nitrogen and oxygen atoms in total. The number of alkyl halides is 2. The summed E-state index contributed by atoms with van der Waals surface area (Å²) >= 11 is 0. The van der Waals surface area contributed by atoms with Gasteiger partial charge in [0.05, 0.1) is 4.90 Å². The van der Waals surface area contributed by atoms with E-state index in [1.54, 1.807) is 12.1 Å². The maximum Gasteiger partial charge on any atom is 0.387 e. The van der Waals surface area contributed by atoms with E-state index in [9.17, 15) is 22.0 Å². The van der Waals surface area contributed by atoms with Crippen LogP contribution in [0.25, 0.3) is 0 Å². The van der Waals surface area contributed by atoms with Gasteiger partial charge in [-0.05, 0) is 85.6 Å². The topological polar surface area (TPSA) is 84.5 Å². The second-order valence-corrected chi connectivity index (χ2v) is 8.47. The van der Waals surface area contributed by atoms with Crippen molar-refractivity contribution in [1.29, 1.82) is 0 Å². The van der Waals surface area contributed by atoms with Gasteiger partial charge in [0.15, 0.2) is 0 Å². The first-order chi connectivity index (χ1) is 14.6. The van der Waals surface area contributed by atoms with Gasteiger partial charge < -0.3 is 10.1 Å². The lowest BCUT2D eigenvalue weighted by molar-refractivity contribution is -0.0498. The van der Waals surface area contributed by atoms with Gasteiger partial charge in [-0.25, -0.2) is 8.42 Å². The lowest BCUT2D eigenvalue weighted by atomic mass is 10.1. The van der Waals surface area contributed by atoms with Gasteiger partial charge in [0.2, 0.25) is 0 Å². The molecule has 162 valence electrons. The fourth-order valence-electron chi connectivity index (χ4n) is 2.71. The first-order valence-electron chi connectivity index (χ1n) is 9.20. The summed E-state index contributed by atoms with van der Waals surface area (Å²) in [4.78, 5) is 12.5. The molecule has 0 spiro atoms. The van der Waals surface area contributed by atoms with Crippen molar-refractivity contribution in [2.45, 2.75) is 25.4 Å². The molecular formula is C22H20F2N2O4S. The van der Waals surface area contributed by atoms with Gasteiger partial charge >= 0.3 is 6.61 Å². The Bertz CT molecular complexity index is 1180. The highest BCUT2D eigenvalue weighted by atomic mass is 32.2. The highest BCUT2D eigenvalue weighted by Gasteiger charge is 2.15. The van der Waals surface area contributed by atoms with Crippen LogP contribution in [0.5, 0.6) is 5.75 Å². The zero-order chi connectivity index (χ0) is 22.6. The average molecular weight is 446 g/mol. The molecule has 0 aromatic heterocycles. The van der Waals surface area contributed by atoms with E-state index in [-0.39, 0.29) is 10.6 Å². The average Bonchev–Trinajstić information content (AvgIpc) is 2.71. The van der Waals surface area contributed by atoms with Crippen molar-refractivity contribution in [2.75, 3.05) is 10.0 Å². The van der Waals surface area contributed by atoms with Crippen LogP contribution in [0, 0.1) is 13.8 Å². The first kappa shape index (κ1) is 22.2. The largest absolute Gasteiger partial charge is 0.435 e. The number of nitrogens with one attached hydrogen (secondary N) is 2. The second-order valence-electron chi connectivity index (χ2n) is 6.79. The zero-order valence-electron chi connectivity index (χ0n) is 16.7. The molecule has 3 aromatic rings. The van der Waals surface area contributed by atoms with Crippen LogP contribution in [0.1, 0.15) is 21.5 Å². The number of halogens is 2. The monoisotopic (exact) mass is 446 g/mol. The number of ether oxygens (including phenoxy) is 1. The summed E-state index contributed by atoms with van der Waals surface area (Å²) in [6.45, 7) is 0.807. The van der Waals surface area contributed by atoms with Crippen molar-refractivity contribution in [1.82, 2.24) is 0 Å². The van der Waals surface area contributed by atoms with Gasteiger partial charge in [0, 0.05) is 16.9 Å². The van der Waals surface area contributed by atoms with Crippen molar-refractivity contribution < 1.29 is 26.7 Å². The molecule has 0 radical (unpaired) electrons. The Morgan fingerprint density at radius 3 is 2.06 bits per heavy atom. The van der Waals surface area contributed by atoms with Crippen LogP contribution in [0.4, 0.5) is 20.2 Å². The van der Waals surface area contributed by atoms with Crippen LogP contribution in [0.3, 0.4) is 0 Å². The lowest BCUT2D eigenvalue weighted by Crippen LogP contribution is -2.14. The Kier molecular flexibility index (Phi) is 6.55. The van der Waals surface area contributed by atoms with Crippen LogP contribution in [-0.2, 0) is 10.0 Å². The normalized spacial score (nSPS) is 11.3. The molecule has 1 amide bonds. The van der Waals surface area contributed by atoms with E-state index in [0.717, 1.165) is 11.1 Å². The molecule has 9 heteroatoms. The summed E-state index contributed by atoms with van der Waals surface area (Å²) in [5.41, 5.74) is 2.85. The molecule has 31 heavy (non-hydrogen) atoms. The van der Waals surface area contributed by atoms with E-state index in [0.29, 0.717) is 16.9 Å². The molecule has 0 saturated heterocycles. The molecule has 2 N–H and O–H groups in total. The van der Waals surface area contributed by atoms with Gasteiger partial charge in [-0.2, -0.15) is 8.78 Å². The van der Waals surface area contributed by atoms with Crippen molar-refractivity contribution >= 4 is 27.3 Å².